The molecule has 0 aliphatic heterocycles. The van der Waals surface area contributed by atoms with Crippen LogP contribution in [0.15, 0.2) is 33.6 Å². The van der Waals surface area contributed by atoms with Gasteiger partial charge in [0.05, 0.1) is 4.90 Å². The van der Waals surface area contributed by atoms with Crippen LogP contribution in [0.1, 0.15) is 35.1 Å². The van der Waals surface area contributed by atoms with Gasteiger partial charge in [0.25, 0.3) is 5.91 Å². The van der Waals surface area contributed by atoms with Crippen molar-refractivity contribution in [3.05, 3.63) is 41.6 Å². The van der Waals surface area contributed by atoms with Crippen LogP contribution in [0, 0.1) is 6.92 Å². The molecular weight excluding hydrogens is 296 g/mol. The second-order valence-electron chi connectivity index (χ2n) is 4.42. The van der Waals surface area contributed by atoms with Crippen LogP contribution in [-0.2, 0) is 10.0 Å². The molecule has 1 heterocycles. The van der Waals surface area contributed by atoms with Crippen LogP contribution in [-0.4, -0.2) is 24.5 Å². The summed E-state index contributed by atoms with van der Waals surface area (Å²) in [4.78, 5) is 12.0. The maximum atomic E-state index is 12.0. The number of aryl methyl sites for hydroxylation is 1. The normalized spacial score (nSPS) is 12.9. The van der Waals surface area contributed by atoms with Gasteiger partial charge in [-0.25, -0.2) is 13.6 Å². The predicted molar refractivity (Wildman–Crippen MR) is 72.7 cm³/mol. The molecule has 0 aliphatic rings. The molecule has 2 rings (SSSR count). The van der Waals surface area contributed by atoms with Crippen LogP contribution in [0.5, 0.6) is 0 Å². The van der Waals surface area contributed by atoms with E-state index in [-0.39, 0.29) is 10.8 Å². The summed E-state index contributed by atoms with van der Waals surface area (Å²) in [5, 5.41) is 15.1. The van der Waals surface area contributed by atoms with Crippen molar-refractivity contribution in [2.75, 3.05) is 0 Å². The van der Waals surface area contributed by atoms with E-state index in [9.17, 15) is 13.2 Å². The van der Waals surface area contributed by atoms with Crippen molar-refractivity contribution in [1.29, 1.82) is 0 Å². The standard InChI is InChI=1S/C12H14N4O4S/c1-7(12-16-15-8(2)20-12)14-11(17)9-3-5-10(6-4-9)21(13,18)19/h3-7H,1-2H3,(H,14,17)(H2,13,18,19)/t7-/m1/s1. The number of nitrogens with one attached hydrogen (secondary N) is 1. The number of carbonyl (C=O) groups is 1. The minimum absolute atomic E-state index is 0.0559. The van der Waals surface area contributed by atoms with Crippen LogP contribution in [0.4, 0.5) is 0 Å². The number of nitrogens with two attached hydrogens (primary N) is 1. The highest BCUT2D eigenvalue weighted by molar-refractivity contribution is 7.89. The third-order valence-corrected chi connectivity index (χ3v) is 3.63. The summed E-state index contributed by atoms with van der Waals surface area (Å²) >= 11 is 0. The zero-order chi connectivity index (χ0) is 15.6. The smallest absolute Gasteiger partial charge is 0.251 e. The molecule has 0 bridgehead atoms. The van der Waals surface area contributed by atoms with E-state index in [1.165, 1.54) is 24.3 Å². The van der Waals surface area contributed by atoms with Gasteiger partial charge in [0.1, 0.15) is 6.04 Å². The molecule has 1 aromatic carbocycles. The zero-order valence-electron chi connectivity index (χ0n) is 11.4. The third-order valence-electron chi connectivity index (χ3n) is 2.70. The molecule has 0 radical (unpaired) electrons. The molecule has 0 fully saturated rings. The lowest BCUT2D eigenvalue weighted by molar-refractivity contribution is 0.0934. The van der Waals surface area contributed by atoms with Gasteiger partial charge in [0.15, 0.2) is 0 Å². The van der Waals surface area contributed by atoms with Crippen molar-refractivity contribution in [1.82, 2.24) is 15.5 Å². The van der Waals surface area contributed by atoms with E-state index >= 15 is 0 Å². The van der Waals surface area contributed by atoms with Crippen molar-refractivity contribution < 1.29 is 17.6 Å². The Balaban J connectivity index is 2.10. The fourth-order valence-corrected chi connectivity index (χ4v) is 2.14. The van der Waals surface area contributed by atoms with Gasteiger partial charge in [0.2, 0.25) is 21.8 Å². The van der Waals surface area contributed by atoms with E-state index in [1.54, 1.807) is 13.8 Å². The summed E-state index contributed by atoms with van der Waals surface area (Å²) in [6.07, 6.45) is 0. The highest BCUT2D eigenvalue weighted by atomic mass is 32.2. The van der Waals surface area contributed by atoms with Gasteiger partial charge in [0, 0.05) is 12.5 Å². The quantitative estimate of drug-likeness (QED) is 0.847. The molecule has 0 saturated carbocycles. The Kier molecular flexibility index (Phi) is 4.05. The molecule has 9 heteroatoms. The SMILES string of the molecule is Cc1nnc([C@@H](C)NC(=O)c2ccc(S(N)(=O)=O)cc2)o1. The van der Waals surface area contributed by atoms with Crippen LogP contribution in [0.2, 0.25) is 0 Å². The van der Waals surface area contributed by atoms with Gasteiger partial charge >= 0.3 is 0 Å². The molecule has 1 amide bonds. The number of benzene rings is 1. The molecule has 21 heavy (non-hydrogen) atoms. The fourth-order valence-electron chi connectivity index (χ4n) is 1.62. The summed E-state index contributed by atoms with van der Waals surface area (Å²) in [5.41, 5.74) is 0.297. The van der Waals surface area contributed by atoms with Crippen molar-refractivity contribution in [3.8, 4) is 0 Å². The first-order valence-corrected chi connectivity index (χ1v) is 7.56. The Morgan fingerprint density at radius 3 is 2.38 bits per heavy atom. The van der Waals surface area contributed by atoms with E-state index in [2.05, 4.69) is 15.5 Å². The molecule has 0 unspecified atom stereocenters. The van der Waals surface area contributed by atoms with Gasteiger partial charge in [-0.3, -0.25) is 4.79 Å². The second kappa shape index (κ2) is 5.62. The lowest BCUT2D eigenvalue weighted by Gasteiger charge is -2.10. The van der Waals surface area contributed by atoms with Crippen molar-refractivity contribution >= 4 is 15.9 Å². The number of hydrogen-bond acceptors (Lipinski definition) is 6. The first-order chi connectivity index (χ1) is 9.77. The summed E-state index contributed by atoms with van der Waals surface area (Å²) in [7, 11) is -3.77. The van der Waals surface area contributed by atoms with Crippen LogP contribution in [0.25, 0.3) is 0 Å². The van der Waals surface area contributed by atoms with Crippen molar-refractivity contribution in [2.45, 2.75) is 24.8 Å². The second-order valence-corrected chi connectivity index (χ2v) is 5.99. The number of carbonyl (C=O) groups excluding carboxylic acids is 1. The van der Waals surface area contributed by atoms with Crippen molar-refractivity contribution in [2.24, 2.45) is 5.14 Å². The van der Waals surface area contributed by atoms with Crippen LogP contribution < -0.4 is 10.5 Å². The molecule has 0 aliphatic carbocycles. The number of amides is 1. The van der Waals surface area contributed by atoms with E-state index in [0.717, 1.165) is 0 Å². The van der Waals surface area contributed by atoms with Gasteiger partial charge < -0.3 is 9.73 Å². The Morgan fingerprint density at radius 2 is 1.90 bits per heavy atom. The highest BCUT2D eigenvalue weighted by Crippen LogP contribution is 2.13. The number of rotatable bonds is 4. The lowest BCUT2D eigenvalue weighted by Crippen LogP contribution is -2.27. The molecule has 1 atom stereocenters. The number of aromatic nitrogens is 2. The fraction of sp³-hybridized carbons (Fsp3) is 0.250. The van der Waals surface area contributed by atoms with Crippen molar-refractivity contribution in [3.63, 3.8) is 0 Å². The first kappa shape index (κ1) is 15.1. The average Bonchev–Trinajstić information content (AvgIpc) is 2.84. The molecule has 0 spiro atoms. The molecule has 112 valence electrons. The van der Waals surface area contributed by atoms with Crippen LogP contribution in [0.3, 0.4) is 0 Å². The molecule has 0 saturated heterocycles. The van der Waals surface area contributed by atoms with Crippen LogP contribution >= 0.6 is 0 Å². The molecule has 1 aromatic heterocycles. The number of sulfonamides is 1. The maximum Gasteiger partial charge on any atom is 0.251 e. The van der Waals surface area contributed by atoms with Gasteiger partial charge in [-0.1, -0.05) is 0 Å². The van der Waals surface area contributed by atoms with Gasteiger partial charge in [-0.15, -0.1) is 10.2 Å². The topological polar surface area (TPSA) is 128 Å². The summed E-state index contributed by atoms with van der Waals surface area (Å²) in [6, 6.07) is 4.83. The van der Waals surface area contributed by atoms with Gasteiger partial charge in [-0.2, -0.15) is 0 Å². The zero-order valence-corrected chi connectivity index (χ0v) is 12.2. The number of primary sulfonamides is 1. The Labute approximate surface area is 121 Å². The Bertz CT molecular complexity index is 752. The van der Waals surface area contributed by atoms with E-state index in [1.807, 2.05) is 0 Å². The predicted octanol–water partition coefficient (Wildman–Crippen LogP) is 0.516. The van der Waals surface area contributed by atoms with E-state index in [0.29, 0.717) is 17.3 Å². The Hall–Kier alpha value is -2.26. The van der Waals surface area contributed by atoms with E-state index < -0.39 is 16.1 Å². The molecule has 2 aromatic rings. The maximum absolute atomic E-state index is 12.0. The largest absolute Gasteiger partial charge is 0.423 e. The highest BCUT2D eigenvalue weighted by Gasteiger charge is 2.17. The average molecular weight is 310 g/mol. The first-order valence-electron chi connectivity index (χ1n) is 6.01. The van der Waals surface area contributed by atoms with E-state index in [4.69, 9.17) is 9.56 Å². The Morgan fingerprint density at radius 1 is 1.29 bits per heavy atom. The molecule has 8 nitrogen and oxygen atoms in total. The van der Waals surface area contributed by atoms with Gasteiger partial charge in [-0.05, 0) is 31.2 Å². The molecule has 3 N–H and O–H groups in total. The number of hydrogen-bond donors (Lipinski definition) is 2. The number of nitrogens with zero attached hydrogens (tertiary/aromatic N) is 2. The lowest BCUT2D eigenvalue weighted by atomic mass is 10.2. The summed E-state index contributed by atoms with van der Waals surface area (Å²) in [6.45, 7) is 3.35. The monoisotopic (exact) mass is 310 g/mol. The molecular formula is C12H14N4O4S. The minimum Gasteiger partial charge on any atom is -0.423 e. The minimum atomic E-state index is -3.77. The summed E-state index contributed by atoms with van der Waals surface area (Å²) in [5.74, 6) is 0.310. The summed E-state index contributed by atoms with van der Waals surface area (Å²) < 4.78 is 27.5. The third kappa shape index (κ3) is 3.64.